The van der Waals surface area contributed by atoms with Gasteiger partial charge in [-0.3, -0.25) is 9.59 Å². The van der Waals surface area contributed by atoms with Gasteiger partial charge < -0.3 is 19.0 Å². The van der Waals surface area contributed by atoms with E-state index in [9.17, 15) is 14.0 Å². The van der Waals surface area contributed by atoms with E-state index in [1.165, 1.54) is 12.1 Å². The molecular weight excluding hydrogens is 389 g/mol. The van der Waals surface area contributed by atoms with Crippen LogP contribution in [-0.2, 0) is 20.7 Å². The summed E-state index contributed by atoms with van der Waals surface area (Å²) >= 11 is 0. The van der Waals surface area contributed by atoms with Crippen molar-refractivity contribution in [3.05, 3.63) is 53.5 Å². The number of carbonyl (C=O) groups is 2. The molecular formula is C22H26FN3O4. The molecule has 1 atom stereocenters. The molecule has 2 amide bonds. The summed E-state index contributed by atoms with van der Waals surface area (Å²) in [5.41, 5.74) is 0.928. The largest absolute Gasteiger partial charge is 0.442 e. The molecule has 7 nitrogen and oxygen atoms in total. The monoisotopic (exact) mass is 415 g/mol. The molecule has 30 heavy (non-hydrogen) atoms. The number of ether oxygens (including phenoxy) is 1. The number of aromatic nitrogens is 1. The number of hydrogen-bond donors (Lipinski definition) is 0. The lowest BCUT2D eigenvalue weighted by atomic mass is 9.95. The minimum atomic E-state index is -0.401. The van der Waals surface area contributed by atoms with Gasteiger partial charge in [0.05, 0.1) is 19.3 Å². The Labute approximate surface area is 174 Å². The maximum atomic E-state index is 13.1. The van der Waals surface area contributed by atoms with Gasteiger partial charge in [0.25, 0.3) is 0 Å². The van der Waals surface area contributed by atoms with Gasteiger partial charge in [-0.2, -0.15) is 0 Å². The van der Waals surface area contributed by atoms with Gasteiger partial charge in [0.15, 0.2) is 6.10 Å². The Morgan fingerprint density at radius 3 is 2.57 bits per heavy atom. The fourth-order valence-corrected chi connectivity index (χ4v) is 4.06. The summed E-state index contributed by atoms with van der Waals surface area (Å²) < 4.78 is 24.7. The number of hydrogen-bond acceptors (Lipinski definition) is 5. The van der Waals surface area contributed by atoms with Gasteiger partial charge in [-0.15, -0.1) is 0 Å². The van der Waals surface area contributed by atoms with Crippen LogP contribution in [-0.4, -0.2) is 59.4 Å². The molecule has 0 aliphatic carbocycles. The van der Waals surface area contributed by atoms with Crippen LogP contribution in [0.1, 0.15) is 43.1 Å². The predicted molar refractivity (Wildman–Crippen MR) is 106 cm³/mol. The van der Waals surface area contributed by atoms with Crippen molar-refractivity contribution < 1.29 is 23.1 Å². The van der Waals surface area contributed by atoms with Crippen LogP contribution < -0.4 is 0 Å². The number of nitrogens with zero attached hydrogens (tertiary/aromatic N) is 3. The molecule has 0 spiro atoms. The highest BCUT2D eigenvalue weighted by Gasteiger charge is 2.34. The van der Waals surface area contributed by atoms with Gasteiger partial charge in [0.1, 0.15) is 11.6 Å². The van der Waals surface area contributed by atoms with Crippen LogP contribution in [0.5, 0.6) is 0 Å². The van der Waals surface area contributed by atoms with E-state index in [4.69, 9.17) is 9.15 Å². The zero-order chi connectivity index (χ0) is 21.1. The number of amides is 2. The zero-order valence-electron chi connectivity index (χ0n) is 17.1. The van der Waals surface area contributed by atoms with Crippen LogP contribution in [0, 0.1) is 11.7 Å². The van der Waals surface area contributed by atoms with Crippen molar-refractivity contribution in [2.24, 2.45) is 5.92 Å². The molecule has 160 valence electrons. The van der Waals surface area contributed by atoms with E-state index in [1.807, 2.05) is 4.90 Å². The summed E-state index contributed by atoms with van der Waals surface area (Å²) in [5.74, 6) is 0.968. The maximum Gasteiger partial charge on any atom is 0.226 e. The average molecular weight is 415 g/mol. The minimum Gasteiger partial charge on any atom is -0.442 e. The van der Waals surface area contributed by atoms with E-state index < -0.39 is 6.10 Å². The number of rotatable bonds is 4. The SMILES string of the molecule is CC(=O)N1CCC(C(=O)N2CCOC(c3ncc(Cc4ccc(F)cc4)o3)C2)CC1. The van der Waals surface area contributed by atoms with E-state index in [2.05, 4.69) is 4.98 Å². The molecule has 0 bridgehead atoms. The summed E-state index contributed by atoms with van der Waals surface area (Å²) in [6, 6.07) is 6.27. The third-order valence-corrected chi connectivity index (χ3v) is 5.81. The molecule has 0 radical (unpaired) electrons. The van der Waals surface area contributed by atoms with Crippen LogP contribution in [0.4, 0.5) is 4.39 Å². The molecule has 8 heteroatoms. The van der Waals surface area contributed by atoms with Crippen molar-refractivity contribution in [1.29, 1.82) is 0 Å². The predicted octanol–water partition coefficient (Wildman–Crippen LogP) is 2.56. The normalized spacial score (nSPS) is 20.4. The van der Waals surface area contributed by atoms with Crippen molar-refractivity contribution >= 4 is 11.8 Å². The molecule has 0 saturated carbocycles. The van der Waals surface area contributed by atoms with Crippen molar-refractivity contribution in [2.45, 2.75) is 32.3 Å². The molecule has 1 aromatic carbocycles. The highest BCUT2D eigenvalue weighted by atomic mass is 19.1. The molecule has 2 aliphatic heterocycles. The Hall–Kier alpha value is -2.74. The smallest absolute Gasteiger partial charge is 0.226 e. The number of likely N-dealkylation sites (tertiary alicyclic amines) is 1. The number of benzene rings is 1. The third-order valence-electron chi connectivity index (χ3n) is 5.81. The molecule has 1 unspecified atom stereocenters. The molecule has 2 fully saturated rings. The van der Waals surface area contributed by atoms with Gasteiger partial charge in [0, 0.05) is 38.9 Å². The van der Waals surface area contributed by atoms with E-state index in [1.54, 1.807) is 30.2 Å². The van der Waals surface area contributed by atoms with E-state index in [0.29, 0.717) is 63.7 Å². The van der Waals surface area contributed by atoms with Crippen LogP contribution in [0.25, 0.3) is 0 Å². The highest BCUT2D eigenvalue weighted by molar-refractivity contribution is 5.80. The van der Waals surface area contributed by atoms with E-state index >= 15 is 0 Å². The molecule has 2 aliphatic rings. The van der Waals surface area contributed by atoms with Gasteiger partial charge >= 0.3 is 0 Å². The van der Waals surface area contributed by atoms with Crippen molar-refractivity contribution in [1.82, 2.24) is 14.8 Å². The Morgan fingerprint density at radius 1 is 1.13 bits per heavy atom. The van der Waals surface area contributed by atoms with Gasteiger partial charge in [-0.25, -0.2) is 9.37 Å². The molecule has 1 aromatic heterocycles. The van der Waals surface area contributed by atoms with Crippen molar-refractivity contribution in [2.75, 3.05) is 32.8 Å². The number of piperidine rings is 1. The molecule has 3 heterocycles. The molecule has 4 rings (SSSR count). The summed E-state index contributed by atoms with van der Waals surface area (Å²) in [5, 5.41) is 0. The molecule has 2 saturated heterocycles. The second kappa shape index (κ2) is 8.95. The van der Waals surface area contributed by atoms with Gasteiger partial charge in [-0.05, 0) is 30.5 Å². The number of morpholine rings is 1. The maximum absolute atomic E-state index is 13.1. The van der Waals surface area contributed by atoms with Crippen molar-refractivity contribution in [3.8, 4) is 0 Å². The first kappa shape index (κ1) is 20.5. The van der Waals surface area contributed by atoms with Crippen molar-refractivity contribution in [3.63, 3.8) is 0 Å². The van der Waals surface area contributed by atoms with Crippen LogP contribution in [0.3, 0.4) is 0 Å². The Kier molecular flexibility index (Phi) is 6.13. The van der Waals surface area contributed by atoms with E-state index in [-0.39, 0.29) is 23.5 Å². The quantitative estimate of drug-likeness (QED) is 0.767. The fraction of sp³-hybridized carbons (Fsp3) is 0.500. The second-order valence-corrected chi connectivity index (χ2v) is 7.89. The van der Waals surface area contributed by atoms with E-state index in [0.717, 1.165) is 5.56 Å². The minimum absolute atomic E-state index is 0.0575. The van der Waals surface area contributed by atoms with Crippen LogP contribution >= 0.6 is 0 Å². The Morgan fingerprint density at radius 2 is 1.87 bits per heavy atom. The summed E-state index contributed by atoms with van der Waals surface area (Å²) in [7, 11) is 0. The topological polar surface area (TPSA) is 75.9 Å². The van der Waals surface area contributed by atoms with Gasteiger partial charge in [0.2, 0.25) is 17.7 Å². The number of carbonyl (C=O) groups excluding carboxylic acids is 2. The molecule has 2 aromatic rings. The summed E-state index contributed by atoms with van der Waals surface area (Å²) in [6.45, 7) is 4.21. The first-order chi connectivity index (χ1) is 14.5. The lowest BCUT2D eigenvalue weighted by Gasteiger charge is -2.36. The summed E-state index contributed by atoms with van der Waals surface area (Å²) in [6.07, 6.45) is 3.15. The number of oxazole rings is 1. The third kappa shape index (κ3) is 4.70. The standard InChI is InChI=1S/C22H26FN3O4/c1-15(27)25-8-6-17(7-9-25)22(28)26-10-11-29-20(14-26)21-24-13-19(30-21)12-16-2-4-18(23)5-3-16/h2-5,13,17,20H,6-12,14H2,1H3. The lowest BCUT2D eigenvalue weighted by molar-refractivity contribution is -0.147. The Bertz CT molecular complexity index is 890. The average Bonchev–Trinajstić information content (AvgIpc) is 3.23. The summed E-state index contributed by atoms with van der Waals surface area (Å²) in [4.78, 5) is 32.4. The number of halogens is 1. The van der Waals surface area contributed by atoms with Crippen LogP contribution in [0.2, 0.25) is 0 Å². The lowest BCUT2D eigenvalue weighted by Crippen LogP contribution is -2.48. The Balaban J connectivity index is 1.35. The molecule has 0 N–H and O–H groups in total. The fourth-order valence-electron chi connectivity index (χ4n) is 4.06. The first-order valence-corrected chi connectivity index (χ1v) is 10.3. The van der Waals surface area contributed by atoms with Gasteiger partial charge in [-0.1, -0.05) is 12.1 Å². The second-order valence-electron chi connectivity index (χ2n) is 7.89. The highest BCUT2D eigenvalue weighted by Crippen LogP contribution is 2.26. The van der Waals surface area contributed by atoms with Crippen LogP contribution in [0.15, 0.2) is 34.9 Å². The zero-order valence-corrected chi connectivity index (χ0v) is 17.1. The first-order valence-electron chi connectivity index (χ1n) is 10.3.